The Morgan fingerprint density at radius 2 is 1.82 bits per heavy atom. The van der Waals surface area contributed by atoms with Crippen molar-refractivity contribution >= 4 is 40.5 Å². The smallest absolute Gasteiger partial charge is 0.195 e. The summed E-state index contributed by atoms with van der Waals surface area (Å²) in [7, 11) is 1.65. The third-order valence-electron chi connectivity index (χ3n) is 4.35. The first kappa shape index (κ1) is 18.4. The molecule has 2 aromatic carbocycles. The van der Waals surface area contributed by atoms with Crippen molar-refractivity contribution in [1.82, 2.24) is 9.99 Å². The lowest BCUT2D eigenvalue weighted by Crippen LogP contribution is -2.29. The molecule has 0 unspecified atom stereocenters. The molecule has 0 saturated carbocycles. The van der Waals surface area contributed by atoms with Crippen molar-refractivity contribution in [2.45, 2.75) is 6.54 Å². The van der Waals surface area contributed by atoms with Crippen molar-refractivity contribution in [3.63, 3.8) is 0 Å². The highest BCUT2D eigenvalue weighted by atomic mass is 35.5. The fraction of sp³-hybridized carbons (Fsp3) is 0.0952. The molecule has 7 heteroatoms. The SMILES string of the molecule is COc1ccc(CN2N=C(c3ccc(Cl)cc3)c3cccnc3NC2=S)cc1. The highest BCUT2D eigenvalue weighted by molar-refractivity contribution is 7.80. The van der Waals surface area contributed by atoms with Gasteiger partial charge in [-0.05, 0) is 54.2 Å². The van der Waals surface area contributed by atoms with Crippen molar-refractivity contribution in [3.05, 3.63) is 88.6 Å². The zero-order chi connectivity index (χ0) is 19.5. The van der Waals surface area contributed by atoms with E-state index in [1.54, 1.807) is 18.3 Å². The van der Waals surface area contributed by atoms with Gasteiger partial charge in [0.1, 0.15) is 17.3 Å². The van der Waals surface area contributed by atoms with E-state index in [0.29, 0.717) is 22.5 Å². The predicted octanol–water partition coefficient (Wildman–Crippen LogP) is 4.71. The molecule has 0 radical (unpaired) electrons. The Bertz CT molecular complexity index is 1040. The molecule has 1 aliphatic rings. The lowest BCUT2D eigenvalue weighted by Gasteiger charge is -2.19. The van der Waals surface area contributed by atoms with E-state index in [1.807, 2.05) is 60.7 Å². The van der Waals surface area contributed by atoms with Gasteiger partial charge in [-0.1, -0.05) is 35.9 Å². The molecule has 140 valence electrons. The predicted molar refractivity (Wildman–Crippen MR) is 116 cm³/mol. The van der Waals surface area contributed by atoms with E-state index in [9.17, 15) is 0 Å². The second-order valence-corrected chi connectivity index (χ2v) is 7.01. The number of methoxy groups -OCH3 is 1. The van der Waals surface area contributed by atoms with Crippen LogP contribution in [-0.2, 0) is 6.54 Å². The number of anilines is 1. The maximum atomic E-state index is 6.06. The van der Waals surface area contributed by atoms with Crippen LogP contribution in [0.3, 0.4) is 0 Å². The highest BCUT2D eigenvalue weighted by Gasteiger charge is 2.22. The summed E-state index contributed by atoms with van der Waals surface area (Å²) in [5.74, 6) is 1.49. The normalized spacial score (nSPS) is 13.3. The molecule has 28 heavy (non-hydrogen) atoms. The Morgan fingerprint density at radius 1 is 1.07 bits per heavy atom. The van der Waals surface area contributed by atoms with Gasteiger partial charge in [0.25, 0.3) is 0 Å². The molecule has 0 atom stereocenters. The number of hydrogen-bond acceptors (Lipinski definition) is 4. The molecule has 0 fully saturated rings. The third kappa shape index (κ3) is 3.83. The second-order valence-electron chi connectivity index (χ2n) is 6.19. The van der Waals surface area contributed by atoms with Crippen LogP contribution in [0.2, 0.25) is 5.02 Å². The minimum atomic E-state index is 0.486. The number of hydrogen-bond donors (Lipinski definition) is 1. The number of fused-ring (bicyclic) bond motifs is 1. The zero-order valence-electron chi connectivity index (χ0n) is 15.1. The van der Waals surface area contributed by atoms with Gasteiger partial charge in [0, 0.05) is 22.3 Å². The van der Waals surface area contributed by atoms with Gasteiger partial charge < -0.3 is 10.1 Å². The summed E-state index contributed by atoms with van der Waals surface area (Å²) in [4.78, 5) is 4.44. The minimum Gasteiger partial charge on any atom is -0.497 e. The second kappa shape index (κ2) is 7.96. The van der Waals surface area contributed by atoms with Gasteiger partial charge >= 0.3 is 0 Å². The van der Waals surface area contributed by atoms with Crippen LogP contribution in [0.4, 0.5) is 5.82 Å². The van der Waals surface area contributed by atoms with Crippen LogP contribution in [0.15, 0.2) is 72.0 Å². The summed E-state index contributed by atoms with van der Waals surface area (Å²) in [6.45, 7) is 0.515. The Hall–Kier alpha value is -2.96. The van der Waals surface area contributed by atoms with E-state index in [-0.39, 0.29) is 0 Å². The van der Waals surface area contributed by atoms with Crippen LogP contribution in [0.5, 0.6) is 5.75 Å². The molecular weight excluding hydrogens is 392 g/mol. The fourth-order valence-electron chi connectivity index (χ4n) is 2.91. The van der Waals surface area contributed by atoms with Crippen LogP contribution in [0.1, 0.15) is 16.7 Å². The lowest BCUT2D eigenvalue weighted by atomic mass is 10.0. The highest BCUT2D eigenvalue weighted by Crippen LogP contribution is 2.24. The molecular formula is C21H17ClN4OS. The van der Waals surface area contributed by atoms with E-state index in [4.69, 9.17) is 33.7 Å². The first-order chi connectivity index (χ1) is 13.6. The average molecular weight is 409 g/mol. The summed E-state index contributed by atoms with van der Waals surface area (Å²) in [6, 6.07) is 19.3. The van der Waals surface area contributed by atoms with Crippen molar-refractivity contribution in [2.75, 3.05) is 12.4 Å². The van der Waals surface area contributed by atoms with Crippen LogP contribution in [0, 0.1) is 0 Å². The molecule has 5 nitrogen and oxygen atoms in total. The first-order valence-electron chi connectivity index (χ1n) is 8.65. The topological polar surface area (TPSA) is 49.8 Å². The van der Waals surface area contributed by atoms with E-state index in [1.165, 1.54) is 0 Å². The number of ether oxygens (including phenoxy) is 1. The van der Waals surface area contributed by atoms with Gasteiger partial charge in [-0.15, -0.1) is 0 Å². The zero-order valence-corrected chi connectivity index (χ0v) is 16.7. The summed E-state index contributed by atoms with van der Waals surface area (Å²) >= 11 is 11.6. The lowest BCUT2D eigenvalue weighted by molar-refractivity contribution is 0.413. The Kier molecular flexibility index (Phi) is 5.23. The van der Waals surface area contributed by atoms with Crippen LogP contribution < -0.4 is 10.1 Å². The summed E-state index contributed by atoms with van der Waals surface area (Å²) in [5.41, 5.74) is 3.65. The van der Waals surface area contributed by atoms with Gasteiger partial charge in [0.2, 0.25) is 0 Å². The van der Waals surface area contributed by atoms with Crippen molar-refractivity contribution < 1.29 is 4.74 Å². The van der Waals surface area contributed by atoms with Crippen LogP contribution in [0.25, 0.3) is 0 Å². The van der Waals surface area contributed by atoms with Crippen molar-refractivity contribution in [1.29, 1.82) is 0 Å². The molecule has 1 aromatic heterocycles. The number of aromatic nitrogens is 1. The third-order valence-corrected chi connectivity index (χ3v) is 4.92. The maximum Gasteiger partial charge on any atom is 0.195 e. The summed E-state index contributed by atoms with van der Waals surface area (Å²) in [6.07, 6.45) is 1.73. The standard InChI is InChI=1S/C21H17ClN4OS/c1-27-17-10-4-14(5-11-17)13-26-21(28)24-20-18(3-2-12-23-20)19(25-26)15-6-8-16(22)9-7-15/h2-12H,13H2,1H3,(H,23,24,28). The van der Waals surface area contributed by atoms with Gasteiger partial charge in [-0.2, -0.15) is 5.10 Å². The quantitative estimate of drug-likeness (QED) is 0.633. The molecule has 1 N–H and O–H groups in total. The average Bonchev–Trinajstić information content (AvgIpc) is 2.86. The number of halogens is 1. The van der Waals surface area contributed by atoms with Gasteiger partial charge in [-0.25, -0.2) is 9.99 Å². The molecule has 0 saturated heterocycles. The number of benzene rings is 2. The largest absolute Gasteiger partial charge is 0.497 e. The summed E-state index contributed by atoms with van der Waals surface area (Å²) in [5, 5.41) is 11.0. The number of rotatable bonds is 4. The molecule has 1 aliphatic heterocycles. The molecule has 0 spiro atoms. The Labute approximate surface area is 173 Å². The van der Waals surface area contributed by atoms with Crippen molar-refractivity contribution in [2.24, 2.45) is 5.10 Å². The van der Waals surface area contributed by atoms with E-state index >= 15 is 0 Å². The van der Waals surface area contributed by atoms with Gasteiger partial charge in [0.15, 0.2) is 5.11 Å². The van der Waals surface area contributed by atoms with E-state index < -0.39 is 0 Å². The first-order valence-corrected chi connectivity index (χ1v) is 9.44. The van der Waals surface area contributed by atoms with E-state index in [0.717, 1.165) is 28.2 Å². The monoisotopic (exact) mass is 408 g/mol. The number of nitrogens with zero attached hydrogens (tertiary/aromatic N) is 3. The molecule has 0 amide bonds. The molecule has 2 heterocycles. The maximum absolute atomic E-state index is 6.06. The van der Waals surface area contributed by atoms with Crippen molar-refractivity contribution in [3.8, 4) is 5.75 Å². The fourth-order valence-corrected chi connectivity index (χ4v) is 3.24. The van der Waals surface area contributed by atoms with Crippen LogP contribution in [-0.4, -0.2) is 27.9 Å². The summed E-state index contributed by atoms with van der Waals surface area (Å²) < 4.78 is 5.23. The molecule has 0 bridgehead atoms. The minimum absolute atomic E-state index is 0.486. The Morgan fingerprint density at radius 3 is 2.54 bits per heavy atom. The molecule has 0 aliphatic carbocycles. The van der Waals surface area contributed by atoms with Gasteiger partial charge in [0.05, 0.1) is 13.7 Å². The molecule has 4 rings (SSSR count). The van der Waals surface area contributed by atoms with Crippen LogP contribution >= 0.6 is 23.8 Å². The van der Waals surface area contributed by atoms with E-state index in [2.05, 4.69) is 10.3 Å². The number of pyridine rings is 1. The number of thiocarbonyl (C=S) groups is 1. The number of nitrogens with one attached hydrogen (secondary N) is 1. The molecule has 3 aromatic rings. The van der Waals surface area contributed by atoms with Gasteiger partial charge in [-0.3, -0.25) is 0 Å². The number of hydrazone groups is 1. The Balaban J connectivity index is 1.75.